The predicted octanol–water partition coefficient (Wildman–Crippen LogP) is 1.17. The molecular weight excluding hydrogens is 316 g/mol. The van der Waals surface area contributed by atoms with Crippen LogP contribution in [-0.2, 0) is 35.1 Å². The van der Waals surface area contributed by atoms with Gasteiger partial charge in [-0.15, -0.1) is 0 Å². The summed E-state index contributed by atoms with van der Waals surface area (Å²) in [6, 6.07) is 9.33. The summed E-state index contributed by atoms with van der Waals surface area (Å²) in [5.41, 5.74) is 0.883. The van der Waals surface area contributed by atoms with Gasteiger partial charge in [0.2, 0.25) is 0 Å². The van der Waals surface area contributed by atoms with Crippen molar-refractivity contribution in [2.24, 2.45) is 0 Å². The van der Waals surface area contributed by atoms with Gasteiger partial charge >= 0.3 is 11.9 Å². The minimum absolute atomic E-state index is 0.185. The molecular formula is C17H22O7. The Kier molecular flexibility index (Phi) is 6.30. The van der Waals surface area contributed by atoms with Crippen LogP contribution in [0.15, 0.2) is 30.3 Å². The standard InChI is InChI=1S/C17H22O7/c1-10-14(23-11(2)18)15(24-12(3)19)16(17(20)22-10)21-9-13-7-5-4-6-8-13/h4-8,10,14-17,20H,9H2,1-3H3/t10-,14+,15+,16-,17?/m0/s1. The maximum atomic E-state index is 11.4. The van der Waals surface area contributed by atoms with Crippen LogP contribution in [0.3, 0.4) is 0 Å². The number of carbonyl (C=O) groups is 2. The zero-order valence-corrected chi connectivity index (χ0v) is 13.9. The van der Waals surface area contributed by atoms with Crippen molar-refractivity contribution in [1.82, 2.24) is 0 Å². The van der Waals surface area contributed by atoms with Crippen LogP contribution in [0.4, 0.5) is 0 Å². The van der Waals surface area contributed by atoms with Gasteiger partial charge in [0, 0.05) is 13.8 Å². The Labute approximate surface area is 140 Å². The predicted molar refractivity (Wildman–Crippen MR) is 82.7 cm³/mol. The Morgan fingerprint density at radius 1 is 1.04 bits per heavy atom. The van der Waals surface area contributed by atoms with E-state index in [1.807, 2.05) is 30.3 Å². The molecule has 7 heteroatoms. The largest absolute Gasteiger partial charge is 0.456 e. The first-order valence-corrected chi connectivity index (χ1v) is 7.72. The minimum atomic E-state index is -1.31. The number of rotatable bonds is 5. The first-order chi connectivity index (χ1) is 11.4. The lowest BCUT2D eigenvalue weighted by atomic mass is 9.99. The molecule has 0 bridgehead atoms. The molecule has 0 saturated carbocycles. The summed E-state index contributed by atoms with van der Waals surface area (Å²) in [5.74, 6) is -1.10. The molecule has 1 unspecified atom stereocenters. The third-order valence-electron chi connectivity index (χ3n) is 3.63. The molecule has 1 heterocycles. The van der Waals surface area contributed by atoms with Crippen LogP contribution in [0.2, 0.25) is 0 Å². The fourth-order valence-electron chi connectivity index (χ4n) is 2.62. The lowest BCUT2D eigenvalue weighted by Gasteiger charge is -2.42. The normalized spacial score (nSPS) is 29.8. The quantitative estimate of drug-likeness (QED) is 0.806. The summed E-state index contributed by atoms with van der Waals surface area (Å²) >= 11 is 0. The van der Waals surface area contributed by atoms with Crippen LogP contribution < -0.4 is 0 Å². The molecule has 0 amide bonds. The molecule has 7 nitrogen and oxygen atoms in total. The summed E-state index contributed by atoms with van der Waals surface area (Å²) in [6.07, 6.45) is -4.76. The second-order valence-corrected chi connectivity index (χ2v) is 5.64. The van der Waals surface area contributed by atoms with Crippen molar-refractivity contribution in [3.05, 3.63) is 35.9 Å². The monoisotopic (exact) mass is 338 g/mol. The number of benzene rings is 1. The highest BCUT2D eigenvalue weighted by molar-refractivity contribution is 5.67. The lowest BCUT2D eigenvalue weighted by molar-refractivity contribution is -0.295. The van der Waals surface area contributed by atoms with Gasteiger partial charge in [-0.2, -0.15) is 0 Å². The van der Waals surface area contributed by atoms with E-state index in [1.54, 1.807) is 6.92 Å². The van der Waals surface area contributed by atoms with Gasteiger partial charge in [0.1, 0.15) is 6.10 Å². The average Bonchev–Trinajstić information content (AvgIpc) is 2.51. The Bertz CT molecular complexity index is 559. The number of hydrogen-bond donors (Lipinski definition) is 1. The molecule has 0 radical (unpaired) electrons. The van der Waals surface area contributed by atoms with Crippen LogP contribution >= 0.6 is 0 Å². The fourth-order valence-corrected chi connectivity index (χ4v) is 2.62. The lowest BCUT2D eigenvalue weighted by Crippen LogP contribution is -2.60. The molecule has 1 aliphatic rings. The van der Waals surface area contributed by atoms with E-state index in [4.69, 9.17) is 18.9 Å². The molecule has 1 N–H and O–H groups in total. The molecule has 5 atom stereocenters. The molecule has 0 aromatic heterocycles. The highest BCUT2D eigenvalue weighted by atomic mass is 16.7. The summed E-state index contributed by atoms with van der Waals surface area (Å²) in [5, 5.41) is 10.2. The van der Waals surface area contributed by atoms with Gasteiger partial charge in [-0.25, -0.2) is 0 Å². The van der Waals surface area contributed by atoms with Crippen molar-refractivity contribution in [2.45, 2.75) is 58.1 Å². The van der Waals surface area contributed by atoms with Crippen molar-refractivity contribution >= 4 is 11.9 Å². The van der Waals surface area contributed by atoms with Gasteiger partial charge in [0.15, 0.2) is 18.5 Å². The van der Waals surface area contributed by atoms with Gasteiger partial charge in [-0.05, 0) is 12.5 Å². The first kappa shape index (κ1) is 18.4. The van der Waals surface area contributed by atoms with Crippen LogP contribution in [-0.4, -0.2) is 47.8 Å². The number of aliphatic hydroxyl groups is 1. The van der Waals surface area contributed by atoms with Crippen molar-refractivity contribution in [3.63, 3.8) is 0 Å². The van der Waals surface area contributed by atoms with E-state index in [2.05, 4.69) is 0 Å². The molecule has 0 aliphatic carbocycles. The number of ether oxygens (including phenoxy) is 4. The average molecular weight is 338 g/mol. The molecule has 1 saturated heterocycles. The summed E-state index contributed by atoms with van der Waals surface area (Å²) in [7, 11) is 0. The number of carbonyl (C=O) groups excluding carboxylic acids is 2. The highest BCUT2D eigenvalue weighted by Gasteiger charge is 2.48. The van der Waals surface area contributed by atoms with E-state index < -0.39 is 42.6 Å². The molecule has 0 spiro atoms. The van der Waals surface area contributed by atoms with E-state index in [-0.39, 0.29) is 6.61 Å². The zero-order chi connectivity index (χ0) is 17.7. The van der Waals surface area contributed by atoms with E-state index in [0.717, 1.165) is 5.56 Å². The Hall–Kier alpha value is -1.96. The fraction of sp³-hybridized carbons (Fsp3) is 0.529. The number of aliphatic hydroxyl groups excluding tert-OH is 1. The maximum absolute atomic E-state index is 11.4. The van der Waals surface area contributed by atoms with Gasteiger partial charge in [-0.3, -0.25) is 9.59 Å². The summed E-state index contributed by atoms with van der Waals surface area (Å²) in [6.45, 7) is 4.31. The SMILES string of the molecule is CC(=O)O[C@@H]1[C@H](OC(C)=O)[C@H](C)OC(O)[C@H]1OCc1ccccc1. The van der Waals surface area contributed by atoms with Crippen LogP contribution in [0.25, 0.3) is 0 Å². The van der Waals surface area contributed by atoms with Gasteiger partial charge < -0.3 is 24.1 Å². The summed E-state index contributed by atoms with van der Waals surface area (Å²) in [4.78, 5) is 22.8. The molecule has 1 aromatic rings. The molecule has 1 aromatic carbocycles. The van der Waals surface area contributed by atoms with E-state index in [9.17, 15) is 14.7 Å². The van der Waals surface area contributed by atoms with Crippen molar-refractivity contribution in [1.29, 1.82) is 0 Å². The number of hydrogen-bond acceptors (Lipinski definition) is 7. The number of esters is 2. The maximum Gasteiger partial charge on any atom is 0.303 e. The third kappa shape index (κ3) is 4.77. The molecule has 2 rings (SSSR count). The second-order valence-electron chi connectivity index (χ2n) is 5.64. The molecule has 132 valence electrons. The van der Waals surface area contributed by atoms with Crippen LogP contribution in [0.1, 0.15) is 26.3 Å². The zero-order valence-electron chi connectivity index (χ0n) is 13.9. The van der Waals surface area contributed by atoms with Gasteiger partial charge in [0.05, 0.1) is 12.7 Å². The smallest absolute Gasteiger partial charge is 0.303 e. The van der Waals surface area contributed by atoms with Crippen molar-refractivity contribution < 1.29 is 33.6 Å². The van der Waals surface area contributed by atoms with E-state index >= 15 is 0 Å². The van der Waals surface area contributed by atoms with Gasteiger partial charge in [-0.1, -0.05) is 30.3 Å². The first-order valence-electron chi connectivity index (χ1n) is 7.72. The minimum Gasteiger partial charge on any atom is -0.456 e. The third-order valence-corrected chi connectivity index (χ3v) is 3.63. The van der Waals surface area contributed by atoms with E-state index in [0.29, 0.717) is 0 Å². The summed E-state index contributed by atoms with van der Waals surface area (Å²) < 4.78 is 21.6. The van der Waals surface area contributed by atoms with Crippen molar-refractivity contribution in [3.8, 4) is 0 Å². The Morgan fingerprint density at radius 3 is 2.21 bits per heavy atom. The Balaban J connectivity index is 2.16. The van der Waals surface area contributed by atoms with Crippen LogP contribution in [0, 0.1) is 0 Å². The molecule has 24 heavy (non-hydrogen) atoms. The van der Waals surface area contributed by atoms with Crippen LogP contribution in [0.5, 0.6) is 0 Å². The van der Waals surface area contributed by atoms with Crippen molar-refractivity contribution in [2.75, 3.05) is 0 Å². The van der Waals surface area contributed by atoms with E-state index in [1.165, 1.54) is 13.8 Å². The topological polar surface area (TPSA) is 91.3 Å². The molecule has 1 aliphatic heterocycles. The highest BCUT2D eigenvalue weighted by Crippen LogP contribution is 2.28. The Morgan fingerprint density at radius 2 is 1.62 bits per heavy atom. The molecule has 1 fully saturated rings. The second kappa shape index (κ2) is 8.23. The van der Waals surface area contributed by atoms with Gasteiger partial charge in [0.25, 0.3) is 0 Å².